The predicted octanol–water partition coefficient (Wildman–Crippen LogP) is 0.252. The second kappa shape index (κ2) is 3.84. The molecule has 5 heteroatoms. The second-order valence-corrected chi connectivity index (χ2v) is 2.46. The smallest absolute Gasteiger partial charge is 0.294 e. The van der Waals surface area contributed by atoms with Crippen LogP contribution in [-0.4, -0.2) is 9.55 Å². The Kier molecular flexibility index (Phi) is 2.79. The third-order valence-electron chi connectivity index (χ3n) is 1.51. The lowest BCUT2D eigenvalue weighted by Gasteiger charge is -1.99. The Labute approximate surface area is 73.3 Å². The number of allylic oxidation sites excluding steroid dienone is 2. The summed E-state index contributed by atoms with van der Waals surface area (Å²) in [6.07, 6.45) is 4.30. The van der Waals surface area contributed by atoms with Crippen molar-refractivity contribution in [2.24, 2.45) is 0 Å². The van der Waals surface area contributed by atoms with Crippen LogP contribution in [0.3, 0.4) is 0 Å². The molecule has 4 nitrogen and oxygen atoms in total. The van der Waals surface area contributed by atoms with Crippen molar-refractivity contribution in [2.75, 3.05) is 0 Å². The molecule has 0 radical (unpaired) electrons. The van der Waals surface area contributed by atoms with Gasteiger partial charge in [0.1, 0.15) is 0 Å². The van der Waals surface area contributed by atoms with E-state index in [-0.39, 0.29) is 6.54 Å². The van der Waals surface area contributed by atoms with Crippen LogP contribution in [0.4, 0.5) is 4.39 Å². The van der Waals surface area contributed by atoms with E-state index in [1.807, 2.05) is 4.98 Å². The minimum absolute atomic E-state index is 0.253. The van der Waals surface area contributed by atoms with Crippen LogP contribution >= 0.6 is 0 Å². The third-order valence-corrected chi connectivity index (χ3v) is 1.51. The monoisotopic (exact) mass is 184 g/mol. The number of nitrogens with one attached hydrogen (secondary N) is 1. The maximum Gasteiger partial charge on any atom is 0.328 e. The van der Waals surface area contributed by atoms with Crippen molar-refractivity contribution in [2.45, 2.75) is 13.5 Å². The summed E-state index contributed by atoms with van der Waals surface area (Å²) in [4.78, 5) is 23.5. The molecule has 0 saturated carbocycles. The van der Waals surface area contributed by atoms with E-state index in [2.05, 4.69) is 0 Å². The molecule has 0 saturated heterocycles. The summed E-state index contributed by atoms with van der Waals surface area (Å²) in [6, 6.07) is 0. The zero-order valence-corrected chi connectivity index (χ0v) is 7.08. The molecule has 1 aromatic rings. The molecular weight excluding hydrogens is 175 g/mol. The summed E-state index contributed by atoms with van der Waals surface area (Å²) >= 11 is 0. The van der Waals surface area contributed by atoms with Crippen LogP contribution < -0.4 is 11.2 Å². The Bertz CT molecular complexity index is 431. The van der Waals surface area contributed by atoms with Crippen LogP contribution in [0.5, 0.6) is 0 Å². The van der Waals surface area contributed by atoms with Gasteiger partial charge in [0.2, 0.25) is 5.82 Å². The van der Waals surface area contributed by atoms with Crippen LogP contribution in [0, 0.1) is 5.82 Å². The quantitative estimate of drug-likeness (QED) is 0.670. The third kappa shape index (κ3) is 2.14. The molecule has 1 aromatic heterocycles. The molecule has 0 fully saturated rings. The molecule has 0 atom stereocenters. The van der Waals surface area contributed by atoms with Crippen molar-refractivity contribution in [3.8, 4) is 0 Å². The summed E-state index contributed by atoms with van der Waals surface area (Å²) in [5, 5.41) is 0. The number of hydrogen-bond donors (Lipinski definition) is 1. The van der Waals surface area contributed by atoms with Gasteiger partial charge in [-0.1, -0.05) is 12.2 Å². The molecule has 0 aromatic carbocycles. The first kappa shape index (κ1) is 9.44. The molecule has 0 spiro atoms. The number of halogens is 1. The van der Waals surface area contributed by atoms with Crippen LogP contribution in [0.25, 0.3) is 0 Å². The molecule has 0 aliphatic heterocycles. The van der Waals surface area contributed by atoms with Crippen LogP contribution in [-0.2, 0) is 6.54 Å². The Balaban J connectivity index is 3.16. The standard InChI is InChI=1S/C8H9FN2O2/c1-2-3-4-11-5-6(9)7(12)10-8(11)13/h2-3,5H,4H2,1H3,(H,10,12,13). The lowest BCUT2D eigenvalue weighted by Crippen LogP contribution is -2.30. The van der Waals surface area contributed by atoms with Gasteiger partial charge in [-0.05, 0) is 6.92 Å². The molecule has 1 rings (SSSR count). The van der Waals surface area contributed by atoms with E-state index in [0.717, 1.165) is 10.8 Å². The summed E-state index contributed by atoms with van der Waals surface area (Å²) in [6.45, 7) is 2.04. The first-order valence-electron chi connectivity index (χ1n) is 3.75. The molecule has 0 aliphatic rings. The van der Waals surface area contributed by atoms with E-state index >= 15 is 0 Å². The van der Waals surface area contributed by atoms with Crippen LogP contribution in [0.2, 0.25) is 0 Å². The van der Waals surface area contributed by atoms with Gasteiger partial charge in [-0.2, -0.15) is 4.39 Å². The number of nitrogens with zero attached hydrogens (tertiary/aromatic N) is 1. The zero-order valence-electron chi connectivity index (χ0n) is 7.08. The highest BCUT2D eigenvalue weighted by Crippen LogP contribution is 1.84. The van der Waals surface area contributed by atoms with Crippen molar-refractivity contribution in [1.82, 2.24) is 9.55 Å². The van der Waals surface area contributed by atoms with E-state index in [1.54, 1.807) is 19.1 Å². The van der Waals surface area contributed by atoms with Gasteiger partial charge in [0.05, 0.1) is 6.20 Å². The highest BCUT2D eigenvalue weighted by molar-refractivity contribution is 4.89. The average Bonchev–Trinajstić information content (AvgIpc) is 2.09. The highest BCUT2D eigenvalue weighted by atomic mass is 19.1. The van der Waals surface area contributed by atoms with Crippen LogP contribution in [0.1, 0.15) is 6.92 Å². The SMILES string of the molecule is CC=CCn1cc(F)c(=O)[nH]c1=O. The number of hydrogen-bond acceptors (Lipinski definition) is 2. The molecule has 70 valence electrons. The predicted molar refractivity (Wildman–Crippen MR) is 46.1 cm³/mol. The fourth-order valence-corrected chi connectivity index (χ4v) is 0.837. The van der Waals surface area contributed by atoms with Gasteiger partial charge in [-0.15, -0.1) is 0 Å². The Morgan fingerprint density at radius 2 is 2.31 bits per heavy atom. The largest absolute Gasteiger partial charge is 0.328 e. The van der Waals surface area contributed by atoms with Gasteiger partial charge < -0.3 is 0 Å². The summed E-state index contributed by atoms with van der Waals surface area (Å²) in [5.41, 5.74) is -1.59. The van der Waals surface area contributed by atoms with Crippen molar-refractivity contribution >= 4 is 0 Å². The fourth-order valence-electron chi connectivity index (χ4n) is 0.837. The van der Waals surface area contributed by atoms with E-state index in [4.69, 9.17) is 0 Å². The number of H-pyrrole nitrogens is 1. The van der Waals surface area contributed by atoms with Crippen molar-refractivity contribution < 1.29 is 4.39 Å². The van der Waals surface area contributed by atoms with Gasteiger partial charge in [0, 0.05) is 6.54 Å². The van der Waals surface area contributed by atoms with Gasteiger partial charge in [-0.25, -0.2) is 4.79 Å². The lowest BCUT2D eigenvalue weighted by molar-refractivity contribution is 0.568. The van der Waals surface area contributed by atoms with Crippen molar-refractivity contribution in [3.63, 3.8) is 0 Å². The molecule has 13 heavy (non-hydrogen) atoms. The number of rotatable bonds is 2. The molecular formula is C8H9FN2O2. The van der Waals surface area contributed by atoms with Crippen molar-refractivity contribution in [3.05, 3.63) is 45.0 Å². The van der Waals surface area contributed by atoms with E-state index in [9.17, 15) is 14.0 Å². The Hall–Kier alpha value is -1.65. The maximum atomic E-state index is 12.7. The normalized spacial score (nSPS) is 10.9. The van der Waals surface area contributed by atoms with Gasteiger partial charge in [-0.3, -0.25) is 14.3 Å². The second-order valence-electron chi connectivity index (χ2n) is 2.46. The van der Waals surface area contributed by atoms with E-state index in [1.165, 1.54) is 0 Å². The Morgan fingerprint density at radius 3 is 2.92 bits per heavy atom. The first-order valence-corrected chi connectivity index (χ1v) is 3.75. The molecule has 0 aliphatic carbocycles. The average molecular weight is 184 g/mol. The van der Waals surface area contributed by atoms with Gasteiger partial charge in [0.15, 0.2) is 0 Å². The first-order chi connectivity index (χ1) is 6.15. The fraction of sp³-hybridized carbons (Fsp3) is 0.250. The summed E-state index contributed by atoms with van der Waals surface area (Å²) < 4.78 is 13.7. The zero-order chi connectivity index (χ0) is 9.84. The summed E-state index contributed by atoms with van der Waals surface area (Å²) in [5.74, 6) is -0.955. The molecule has 0 amide bonds. The van der Waals surface area contributed by atoms with Gasteiger partial charge >= 0.3 is 5.69 Å². The molecule has 0 unspecified atom stereocenters. The Morgan fingerprint density at radius 1 is 1.62 bits per heavy atom. The number of aromatic nitrogens is 2. The minimum atomic E-state index is -0.985. The van der Waals surface area contributed by atoms with E-state index < -0.39 is 17.1 Å². The molecule has 0 bridgehead atoms. The van der Waals surface area contributed by atoms with Gasteiger partial charge in [0.25, 0.3) is 5.56 Å². The number of aromatic amines is 1. The molecule has 1 heterocycles. The minimum Gasteiger partial charge on any atom is -0.294 e. The van der Waals surface area contributed by atoms with E-state index in [0.29, 0.717) is 0 Å². The maximum absolute atomic E-state index is 12.7. The molecule has 1 N–H and O–H groups in total. The lowest BCUT2D eigenvalue weighted by atomic mass is 10.5. The summed E-state index contributed by atoms with van der Waals surface area (Å²) in [7, 11) is 0. The topological polar surface area (TPSA) is 54.9 Å². The van der Waals surface area contributed by atoms with Crippen molar-refractivity contribution in [1.29, 1.82) is 0 Å². The van der Waals surface area contributed by atoms with Crippen LogP contribution in [0.15, 0.2) is 27.9 Å². The highest BCUT2D eigenvalue weighted by Gasteiger charge is 2.00.